The van der Waals surface area contributed by atoms with E-state index in [4.69, 9.17) is 5.11 Å². The van der Waals surface area contributed by atoms with Gasteiger partial charge in [0, 0.05) is 13.0 Å². The lowest BCUT2D eigenvalue weighted by atomic mass is 10.0. The zero-order valence-electron chi connectivity index (χ0n) is 12.4. The predicted octanol–water partition coefficient (Wildman–Crippen LogP) is 3.69. The van der Waals surface area contributed by atoms with Crippen molar-refractivity contribution in [2.24, 2.45) is 5.92 Å². The Hall–Kier alpha value is -1.35. The molecule has 0 saturated heterocycles. The van der Waals surface area contributed by atoms with Crippen LogP contribution in [0.3, 0.4) is 0 Å². The summed E-state index contributed by atoms with van der Waals surface area (Å²) < 4.78 is 0. The van der Waals surface area contributed by atoms with Crippen LogP contribution >= 0.6 is 0 Å². The number of benzene rings is 1. The summed E-state index contributed by atoms with van der Waals surface area (Å²) >= 11 is 0. The molecule has 0 amide bonds. The van der Waals surface area contributed by atoms with E-state index in [0.717, 1.165) is 25.8 Å². The van der Waals surface area contributed by atoms with Gasteiger partial charge in [-0.25, -0.2) is 0 Å². The Balaban J connectivity index is 0.000000342. The number of carboxylic acid groups (broad SMARTS) is 1. The number of hydrogen-bond donors (Lipinski definition) is 2. The van der Waals surface area contributed by atoms with E-state index in [1.807, 2.05) is 32.2 Å². The Morgan fingerprint density at radius 3 is 2.42 bits per heavy atom. The topological polar surface area (TPSA) is 49.3 Å². The number of rotatable bonds is 7. The zero-order chi connectivity index (χ0) is 14.5. The van der Waals surface area contributed by atoms with E-state index in [0.29, 0.717) is 12.3 Å². The van der Waals surface area contributed by atoms with E-state index in [1.165, 1.54) is 5.56 Å². The van der Waals surface area contributed by atoms with Gasteiger partial charge >= 0.3 is 5.97 Å². The molecule has 3 nitrogen and oxygen atoms in total. The summed E-state index contributed by atoms with van der Waals surface area (Å²) in [6.45, 7) is 5.07. The van der Waals surface area contributed by atoms with Crippen LogP contribution in [-0.2, 0) is 11.3 Å². The van der Waals surface area contributed by atoms with Gasteiger partial charge in [-0.1, -0.05) is 63.4 Å². The lowest BCUT2D eigenvalue weighted by Crippen LogP contribution is -2.04. The molecule has 1 rings (SSSR count). The minimum absolute atomic E-state index is 0.319. The van der Waals surface area contributed by atoms with Crippen molar-refractivity contribution in [3.8, 4) is 0 Å². The molecule has 0 saturated carbocycles. The largest absolute Gasteiger partial charge is 0.481 e. The third kappa shape index (κ3) is 11.5. The molecule has 3 heteroatoms. The molecule has 0 aliphatic rings. The molecule has 0 fully saturated rings. The van der Waals surface area contributed by atoms with Crippen LogP contribution in [0.4, 0.5) is 0 Å². The van der Waals surface area contributed by atoms with Crippen molar-refractivity contribution in [1.29, 1.82) is 0 Å². The fourth-order valence-corrected chi connectivity index (χ4v) is 1.75. The molecule has 108 valence electrons. The van der Waals surface area contributed by atoms with Crippen LogP contribution in [0, 0.1) is 5.92 Å². The third-order valence-electron chi connectivity index (χ3n) is 2.80. The molecule has 1 atom stereocenters. The SMILES string of the molecule is CCCCC(C)CC(=O)O.CNCc1ccccc1. The van der Waals surface area contributed by atoms with Crippen LogP contribution in [0.15, 0.2) is 30.3 Å². The number of nitrogens with one attached hydrogen (secondary N) is 1. The summed E-state index contributed by atoms with van der Waals surface area (Å²) in [7, 11) is 1.95. The molecule has 0 bridgehead atoms. The van der Waals surface area contributed by atoms with E-state index in [1.54, 1.807) is 0 Å². The normalized spacial score (nSPS) is 11.3. The second-order valence-electron chi connectivity index (χ2n) is 4.86. The first kappa shape index (κ1) is 17.6. The van der Waals surface area contributed by atoms with E-state index in [-0.39, 0.29) is 0 Å². The van der Waals surface area contributed by atoms with E-state index < -0.39 is 5.97 Å². The standard InChI is InChI=1S/C8H11N.C8H16O2/c1-9-7-8-5-3-2-4-6-8;1-3-4-5-7(2)6-8(9)10/h2-6,9H,7H2,1H3;7H,3-6H2,1-2H3,(H,9,10). The van der Waals surface area contributed by atoms with Gasteiger partial charge in [0.25, 0.3) is 0 Å². The average molecular weight is 265 g/mol. The number of carbonyl (C=O) groups is 1. The maximum absolute atomic E-state index is 10.2. The summed E-state index contributed by atoms with van der Waals surface area (Å²) in [6.07, 6.45) is 3.67. The predicted molar refractivity (Wildman–Crippen MR) is 80.1 cm³/mol. The molecule has 0 aliphatic carbocycles. The van der Waals surface area contributed by atoms with Gasteiger partial charge in [0.05, 0.1) is 0 Å². The zero-order valence-corrected chi connectivity index (χ0v) is 12.4. The van der Waals surface area contributed by atoms with Gasteiger partial charge in [-0.3, -0.25) is 4.79 Å². The summed E-state index contributed by atoms with van der Waals surface area (Å²) in [5.74, 6) is -0.332. The first-order valence-corrected chi connectivity index (χ1v) is 7.00. The molecule has 0 radical (unpaired) electrons. The van der Waals surface area contributed by atoms with Gasteiger partial charge in [-0.2, -0.15) is 0 Å². The van der Waals surface area contributed by atoms with Crippen LogP contribution in [0.5, 0.6) is 0 Å². The second kappa shape index (κ2) is 11.7. The first-order valence-electron chi connectivity index (χ1n) is 7.00. The highest BCUT2D eigenvalue weighted by molar-refractivity contribution is 5.66. The Morgan fingerprint density at radius 1 is 1.32 bits per heavy atom. The Labute approximate surface area is 117 Å². The summed E-state index contributed by atoms with van der Waals surface area (Å²) in [5, 5.41) is 11.5. The molecule has 1 aromatic carbocycles. The van der Waals surface area contributed by atoms with Crippen molar-refractivity contribution in [1.82, 2.24) is 5.32 Å². The van der Waals surface area contributed by atoms with Gasteiger partial charge in [0.2, 0.25) is 0 Å². The maximum Gasteiger partial charge on any atom is 0.303 e. The molecule has 1 aromatic rings. The molecule has 1 unspecified atom stereocenters. The number of unbranched alkanes of at least 4 members (excludes halogenated alkanes) is 1. The van der Waals surface area contributed by atoms with Crippen molar-refractivity contribution < 1.29 is 9.90 Å². The highest BCUT2D eigenvalue weighted by Gasteiger charge is 2.05. The molecule has 0 aliphatic heterocycles. The van der Waals surface area contributed by atoms with Crippen LogP contribution in [0.1, 0.15) is 45.1 Å². The highest BCUT2D eigenvalue weighted by Crippen LogP contribution is 2.10. The molecular weight excluding hydrogens is 238 g/mol. The van der Waals surface area contributed by atoms with Crippen LogP contribution in [0.2, 0.25) is 0 Å². The Kier molecular flexibility index (Phi) is 10.9. The molecule has 0 heterocycles. The lowest BCUT2D eigenvalue weighted by Gasteiger charge is -2.05. The van der Waals surface area contributed by atoms with E-state index in [9.17, 15) is 4.79 Å². The van der Waals surface area contributed by atoms with Gasteiger partial charge < -0.3 is 10.4 Å². The van der Waals surface area contributed by atoms with E-state index >= 15 is 0 Å². The Morgan fingerprint density at radius 2 is 1.95 bits per heavy atom. The number of aliphatic carboxylic acids is 1. The number of hydrogen-bond acceptors (Lipinski definition) is 2. The maximum atomic E-state index is 10.2. The van der Waals surface area contributed by atoms with Gasteiger partial charge in [-0.15, -0.1) is 0 Å². The molecular formula is C16H27NO2. The van der Waals surface area contributed by atoms with Crippen molar-refractivity contribution in [2.45, 2.75) is 46.1 Å². The fraction of sp³-hybridized carbons (Fsp3) is 0.562. The Bertz CT molecular complexity index is 325. The van der Waals surface area contributed by atoms with Crippen molar-refractivity contribution in [2.75, 3.05) is 7.05 Å². The monoisotopic (exact) mass is 265 g/mol. The van der Waals surface area contributed by atoms with Crippen LogP contribution in [0.25, 0.3) is 0 Å². The van der Waals surface area contributed by atoms with Crippen molar-refractivity contribution in [3.63, 3.8) is 0 Å². The minimum atomic E-state index is -0.677. The second-order valence-corrected chi connectivity index (χ2v) is 4.86. The third-order valence-corrected chi connectivity index (χ3v) is 2.80. The van der Waals surface area contributed by atoms with Crippen molar-refractivity contribution >= 4 is 5.97 Å². The van der Waals surface area contributed by atoms with Crippen LogP contribution < -0.4 is 5.32 Å². The minimum Gasteiger partial charge on any atom is -0.481 e. The fourth-order valence-electron chi connectivity index (χ4n) is 1.75. The molecule has 0 aromatic heterocycles. The summed E-state index contributed by atoms with van der Waals surface area (Å²) in [6, 6.07) is 10.3. The van der Waals surface area contributed by atoms with Gasteiger partial charge in [-0.05, 0) is 18.5 Å². The molecule has 2 N–H and O–H groups in total. The van der Waals surface area contributed by atoms with E-state index in [2.05, 4.69) is 24.4 Å². The van der Waals surface area contributed by atoms with Crippen LogP contribution in [-0.4, -0.2) is 18.1 Å². The average Bonchev–Trinajstić information content (AvgIpc) is 2.38. The summed E-state index contributed by atoms with van der Waals surface area (Å²) in [5.41, 5.74) is 1.33. The first-order chi connectivity index (χ1) is 9.10. The lowest BCUT2D eigenvalue weighted by molar-refractivity contribution is -0.138. The quantitative estimate of drug-likeness (QED) is 0.790. The highest BCUT2D eigenvalue weighted by atomic mass is 16.4. The molecule has 19 heavy (non-hydrogen) atoms. The number of carboxylic acids is 1. The smallest absolute Gasteiger partial charge is 0.303 e. The van der Waals surface area contributed by atoms with Crippen molar-refractivity contribution in [3.05, 3.63) is 35.9 Å². The van der Waals surface area contributed by atoms with Gasteiger partial charge in [0.1, 0.15) is 0 Å². The summed E-state index contributed by atoms with van der Waals surface area (Å²) in [4.78, 5) is 10.2. The van der Waals surface area contributed by atoms with Gasteiger partial charge in [0.15, 0.2) is 0 Å². The molecule has 0 spiro atoms.